The van der Waals surface area contributed by atoms with Gasteiger partial charge in [0.2, 0.25) is 0 Å². The Hall–Kier alpha value is -1.61. The first-order valence-corrected chi connectivity index (χ1v) is 9.56. The standard InChI is InChI=1S/C19H23IN2O4/c1-18(2,3)26-17(24)22-11(10-25-19(22,4)5)9-13-12-7-6-8-14(20)15(12)21-16(13)23/h6-9,11H,10H2,1-5H3,(H,21,23)/b13-9-/t11-/m0/s1. The van der Waals surface area contributed by atoms with Crippen molar-refractivity contribution in [3.05, 3.63) is 33.4 Å². The summed E-state index contributed by atoms with van der Waals surface area (Å²) in [5.74, 6) is -0.169. The summed E-state index contributed by atoms with van der Waals surface area (Å²) >= 11 is 2.19. The monoisotopic (exact) mass is 470 g/mol. The first kappa shape index (κ1) is 19.2. The van der Waals surface area contributed by atoms with Crippen LogP contribution in [0, 0.1) is 3.57 Å². The van der Waals surface area contributed by atoms with Crippen molar-refractivity contribution in [3.63, 3.8) is 0 Å². The molecule has 26 heavy (non-hydrogen) atoms. The Bertz CT molecular complexity index is 795. The van der Waals surface area contributed by atoms with E-state index < -0.39 is 17.4 Å². The molecule has 1 aromatic carbocycles. The van der Waals surface area contributed by atoms with E-state index in [0.717, 1.165) is 14.8 Å². The molecule has 0 saturated carbocycles. The second kappa shape index (κ2) is 6.53. The molecule has 1 aromatic rings. The van der Waals surface area contributed by atoms with Gasteiger partial charge >= 0.3 is 6.09 Å². The van der Waals surface area contributed by atoms with Gasteiger partial charge in [0.05, 0.1) is 18.3 Å². The number of hydrogen-bond acceptors (Lipinski definition) is 4. The molecular weight excluding hydrogens is 447 g/mol. The number of hydrogen-bond donors (Lipinski definition) is 1. The van der Waals surface area contributed by atoms with Gasteiger partial charge in [-0.15, -0.1) is 0 Å². The van der Waals surface area contributed by atoms with Crippen LogP contribution in [0.3, 0.4) is 0 Å². The molecule has 1 N–H and O–H groups in total. The highest BCUT2D eigenvalue weighted by Crippen LogP contribution is 2.37. The highest BCUT2D eigenvalue weighted by atomic mass is 127. The van der Waals surface area contributed by atoms with Gasteiger partial charge in [0.25, 0.3) is 5.91 Å². The van der Waals surface area contributed by atoms with Gasteiger partial charge in [-0.05, 0) is 69.4 Å². The largest absolute Gasteiger partial charge is 0.444 e. The van der Waals surface area contributed by atoms with E-state index in [1.54, 1.807) is 11.0 Å². The van der Waals surface area contributed by atoms with E-state index in [4.69, 9.17) is 9.47 Å². The Morgan fingerprint density at radius 3 is 2.77 bits per heavy atom. The zero-order valence-electron chi connectivity index (χ0n) is 15.6. The molecular formula is C19H23IN2O4. The molecule has 2 heterocycles. The van der Waals surface area contributed by atoms with Gasteiger partial charge in [-0.25, -0.2) is 4.79 Å². The summed E-state index contributed by atoms with van der Waals surface area (Å²) in [7, 11) is 0. The lowest BCUT2D eigenvalue weighted by Crippen LogP contribution is -2.49. The van der Waals surface area contributed by atoms with Crippen LogP contribution in [0.25, 0.3) is 5.57 Å². The number of carbonyl (C=O) groups is 2. The third-order valence-corrected chi connectivity index (χ3v) is 5.15. The number of nitrogens with zero attached hydrogens (tertiary/aromatic N) is 1. The van der Waals surface area contributed by atoms with E-state index in [1.165, 1.54) is 0 Å². The first-order valence-electron chi connectivity index (χ1n) is 8.48. The molecule has 0 unspecified atom stereocenters. The number of rotatable bonds is 1. The molecule has 2 aliphatic rings. The van der Waals surface area contributed by atoms with Crippen LogP contribution < -0.4 is 5.32 Å². The summed E-state index contributed by atoms with van der Waals surface area (Å²) in [6.07, 6.45) is 1.35. The Balaban J connectivity index is 1.96. The zero-order valence-corrected chi connectivity index (χ0v) is 17.7. The number of carbonyl (C=O) groups excluding carboxylic acids is 2. The summed E-state index contributed by atoms with van der Waals surface area (Å²) in [5.41, 5.74) is 0.786. The van der Waals surface area contributed by atoms with Crippen LogP contribution in [0.2, 0.25) is 0 Å². The lowest BCUT2D eigenvalue weighted by molar-refractivity contribution is -0.110. The molecule has 6 nitrogen and oxygen atoms in total. The van der Waals surface area contributed by atoms with Crippen LogP contribution in [0.4, 0.5) is 10.5 Å². The second-order valence-corrected chi connectivity index (χ2v) is 9.03. The normalized spacial score (nSPS) is 23.2. The molecule has 1 fully saturated rings. The minimum Gasteiger partial charge on any atom is -0.444 e. The van der Waals surface area contributed by atoms with Crippen molar-refractivity contribution in [2.75, 3.05) is 11.9 Å². The predicted octanol–water partition coefficient (Wildman–Crippen LogP) is 4.00. The SMILES string of the molecule is CC(C)(C)OC(=O)N1[C@@H](/C=C2\C(=O)Nc3c(I)cccc32)COC1(C)C. The molecule has 3 rings (SSSR count). The molecule has 140 valence electrons. The summed E-state index contributed by atoms with van der Waals surface area (Å²) in [4.78, 5) is 26.8. The smallest absolute Gasteiger partial charge is 0.413 e. The van der Waals surface area contributed by atoms with Crippen LogP contribution >= 0.6 is 22.6 Å². The highest BCUT2D eigenvalue weighted by molar-refractivity contribution is 14.1. The van der Waals surface area contributed by atoms with Crippen molar-refractivity contribution in [3.8, 4) is 0 Å². The van der Waals surface area contributed by atoms with Crippen molar-refractivity contribution in [2.45, 2.75) is 52.0 Å². The quantitative estimate of drug-likeness (QED) is 0.498. The maximum atomic E-state index is 12.7. The fraction of sp³-hybridized carbons (Fsp3) is 0.474. The second-order valence-electron chi connectivity index (χ2n) is 7.87. The fourth-order valence-corrected chi connectivity index (χ4v) is 3.79. The van der Waals surface area contributed by atoms with Crippen LogP contribution in [0.15, 0.2) is 24.3 Å². The summed E-state index contributed by atoms with van der Waals surface area (Å²) in [5, 5.41) is 2.90. The van der Waals surface area contributed by atoms with E-state index in [0.29, 0.717) is 12.2 Å². The third kappa shape index (κ3) is 3.59. The Morgan fingerprint density at radius 2 is 2.12 bits per heavy atom. The van der Waals surface area contributed by atoms with E-state index in [2.05, 4.69) is 27.9 Å². The van der Waals surface area contributed by atoms with Gasteiger partial charge in [-0.3, -0.25) is 9.69 Å². The molecule has 1 atom stereocenters. The lowest BCUT2D eigenvalue weighted by Gasteiger charge is -2.34. The molecule has 0 bridgehead atoms. The molecule has 2 amide bonds. The number of benzene rings is 1. The Morgan fingerprint density at radius 1 is 1.42 bits per heavy atom. The van der Waals surface area contributed by atoms with Crippen LogP contribution in [-0.2, 0) is 14.3 Å². The van der Waals surface area contributed by atoms with Crippen molar-refractivity contribution in [1.82, 2.24) is 4.90 Å². The molecule has 2 aliphatic heterocycles. The molecule has 0 radical (unpaired) electrons. The Kier molecular flexibility index (Phi) is 4.81. The Labute approximate surface area is 167 Å². The van der Waals surface area contributed by atoms with Gasteiger partial charge in [0.1, 0.15) is 11.3 Å². The van der Waals surface area contributed by atoms with Crippen LogP contribution in [-0.4, -0.2) is 40.9 Å². The van der Waals surface area contributed by atoms with Crippen molar-refractivity contribution < 1.29 is 19.1 Å². The average Bonchev–Trinajstić information content (AvgIpc) is 2.96. The van der Waals surface area contributed by atoms with E-state index in [-0.39, 0.29) is 11.9 Å². The van der Waals surface area contributed by atoms with Crippen LogP contribution in [0.5, 0.6) is 0 Å². The van der Waals surface area contributed by atoms with Crippen molar-refractivity contribution in [2.24, 2.45) is 0 Å². The van der Waals surface area contributed by atoms with Gasteiger partial charge in [-0.1, -0.05) is 12.1 Å². The number of ether oxygens (including phenoxy) is 2. The maximum Gasteiger partial charge on any atom is 0.413 e. The number of para-hydroxylation sites is 1. The van der Waals surface area contributed by atoms with Crippen LogP contribution in [0.1, 0.15) is 40.2 Å². The topological polar surface area (TPSA) is 67.9 Å². The van der Waals surface area contributed by atoms with Crippen molar-refractivity contribution in [1.29, 1.82) is 0 Å². The minimum atomic E-state index is -0.812. The summed E-state index contributed by atoms with van der Waals surface area (Å²) in [6, 6.07) is 5.37. The van der Waals surface area contributed by atoms with E-state index in [1.807, 2.05) is 52.8 Å². The molecule has 0 aromatic heterocycles. The predicted molar refractivity (Wildman–Crippen MR) is 108 cm³/mol. The average molecular weight is 470 g/mol. The number of halogens is 1. The summed E-state index contributed by atoms with van der Waals surface area (Å²) < 4.78 is 12.3. The number of anilines is 1. The zero-order chi connectivity index (χ0) is 19.3. The number of fused-ring (bicyclic) bond motifs is 1. The number of amides is 2. The first-order chi connectivity index (χ1) is 12.0. The van der Waals surface area contributed by atoms with E-state index in [9.17, 15) is 9.59 Å². The van der Waals surface area contributed by atoms with Gasteiger partial charge in [-0.2, -0.15) is 0 Å². The molecule has 0 spiro atoms. The lowest BCUT2D eigenvalue weighted by atomic mass is 10.0. The summed E-state index contributed by atoms with van der Waals surface area (Å²) in [6.45, 7) is 9.42. The maximum absolute atomic E-state index is 12.7. The molecule has 0 aliphatic carbocycles. The third-order valence-electron chi connectivity index (χ3n) is 4.26. The fourth-order valence-electron chi connectivity index (χ4n) is 3.16. The number of nitrogens with one attached hydrogen (secondary N) is 1. The molecule has 1 saturated heterocycles. The van der Waals surface area contributed by atoms with E-state index >= 15 is 0 Å². The van der Waals surface area contributed by atoms with Crippen molar-refractivity contribution >= 4 is 45.9 Å². The highest BCUT2D eigenvalue weighted by Gasteiger charge is 2.45. The van der Waals surface area contributed by atoms with Gasteiger partial charge in [0, 0.05) is 14.7 Å². The minimum absolute atomic E-state index is 0.169. The van der Waals surface area contributed by atoms with Gasteiger partial charge < -0.3 is 14.8 Å². The molecule has 7 heteroatoms. The van der Waals surface area contributed by atoms with Gasteiger partial charge in [0.15, 0.2) is 0 Å².